The van der Waals surface area contributed by atoms with Gasteiger partial charge in [-0.3, -0.25) is 4.79 Å². The summed E-state index contributed by atoms with van der Waals surface area (Å²) in [6.07, 6.45) is -0.701. The van der Waals surface area contributed by atoms with E-state index in [2.05, 4.69) is 0 Å². The third-order valence-electron chi connectivity index (χ3n) is 2.93. The number of benzene rings is 1. The van der Waals surface area contributed by atoms with Crippen molar-refractivity contribution in [2.75, 3.05) is 0 Å². The number of halogens is 3. The minimum absolute atomic E-state index is 0.256. The van der Waals surface area contributed by atoms with E-state index >= 15 is 0 Å². The van der Waals surface area contributed by atoms with Crippen molar-refractivity contribution in [3.8, 4) is 0 Å². The smallest absolute Gasteiger partial charge is 0.249 e. The molecule has 16 heavy (non-hydrogen) atoms. The predicted octanol–water partition coefficient (Wildman–Crippen LogP) is 3.88. The van der Waals surface area contributed by atoms with Gasteiger partial charge in [0.15, 0.2) is 5.78 Å². The third kappa shape index (κ3) is 1.96. The van der Waals surface area contributed by atoms with E-state index < -0.39 is 11.8 Å². The van der Waals surface area contributed by atoms with Gasteiger partial charge in [-0.25, -0.2) is 8.78 Å². The maximum absolute atomic E-state index is 12.7. The first-order valence-corrected chi connectivity index (χ1v) is 5.46. The molecule has 0 N–H and O–H groups in total. The van der Waals surface area contributed by atoms with E-state index in [0.29, 0.717) is 10.6 Å². The topological polar surface area (TPSA) is 17.1 Å². The van der Waals surface area contributed by atoms with Crippen molar-refractivity contribution >= 4 is 17.4 Å². The number of carbonyl (C=O) groups excluding carboxylic acids is 1. The summed E-state index contributed by atoms with van der Waals surface area (Å²) < 4.78 is 25.4. The SMILES string of the molecule is Cc1cccc(Cl)c1C(=O)C1CC(F)(F)C1. The molecule has 1 nitrogen and oxygen atoms in total. The van der Waals surface area contributed by atoms with Crippen LogP contribution in [0.15, 0.2) is 18.2 Å². The van der Waals surface area contributed by atoms with Crippen LogP contribution >= 0.6 is 11.6 Å². The van der Waals surface area contributed by atoms with Crippen molar-refractivity contribution in [3.05, 3.63) is 34.3 Å². The highest BCUT2D eigenvalue weighted by atomic mass is 35.5. The van der Waals surface area contributed by atoms with Gasteiger partial charge in [0, 0.05) is 24.3 Å². The molecule has 2 rings (SSSR count). The molecule has 4 heteroatoms. The number of rotatable bonds is 2. The van der Waals surface area contributed by atoms with Crippen LogP contribution in [0.5, 0.6) is 0 Å². The molecule has 1 saturated carbocycles. The highest BCUT2D eigenvalue weighted by Crippen LogP contribution is 2.44. The zero-order chi connectivity index (χ0) is 11.9. The van der Waals surface area contributed by atoms with E-state index in [1.54, 1.807) is 25.1 Å². The summed E-state index contributed by atoms with van der Waals surface area (Å²) >= 11 is 5.91. The van der Waals surface area contributed by atoms with Crippen molar-refractivity contribution in [1.82, 2.24) is 0 Å². The average molecular weight is 245 g/mol. The fourth-order valence-electron chi connectivity index (χ4n) is 1.99. The lowest BCUT2D eigenvalue weighted by atomic mass is 9.76. The van der Waals surface area contributed by atoms with Gasteiger partial charge in [-0.05, 0) is 18.6 Å². The second-order valence-electron chi connectivity index (χ2n) is 4.26. The van der Waals surface area contributed by atoms with Gasteiger partial charge >= 0.3 is 0 Å². The molecular weight excluding hydrogens is 234 g/mol. The Balaban J connectivity index is 2.23. The molecule has 1 aliphatic rings. The van der Waals surface area contributed by atoms with E-state index in [-0.39, 0.29) is 18.6 Å². The molecule has 0 atom stereocenters. The summed E-state index contributed by atoms with van der Waals surface area (Å²) in [5.74, 6) is -3.50. The normalized spacial score (nSPS) is 19.2. The zero-order valence-electron chi connectivity index (χ0n) is 8.77. The van der Waals surface area contributed by atoms with E-state index in [1.807, 2.05) is 0 Å². The minimum atomic E-state index is -2.67. The summed E-state index contributed by atoms with van der Waals surface area (Å²) in [7, 11) is 0. The van der Waals surface area contributed by atoms with Crippen LogP contribution in [-0.2, 0) is 0 Å². The molecule has 1 aliphatic carbocycles. The number of ketones is 1. The first-order valence-electron chi connectivity index (χ1n) is 5.08. The predicted molar refractivity (Wildman–Crippen MR) is 58.2 cm³/mol. The van der Waals surface area contributed by atoms with Crippen molar-refractivity contribution in [1.29, 1.82) is 0 Å². The number of carbonyl (C=O) groups is 1. The van der Waals surface area contributed by atoms with Crippen LogP contribution in [0.4, 0.5) is 8.78 Å². The highest BCUT2D eigenvalue weighted by Gasteiger charge is 2.49. The fraction of sp³-hybridized carbons (Fsp3) is 0.417. The molecule has 0 bridgehead atoms. The summed E-state index contributed by atoms with van der Waals surface area (Å²) in [5, 5.41) is 0.347. The molecule has 1 aromatic rings. The lowest BCUT2D eigenvalue weighted by Crippen LogP contribution is -2.40. The number of aryl methyl sites for hydroxylation is 1. The lowest BCUT2D eigenvalue weighted by molar-refractivity contribution is -0.0982. The molecule has 86 valence electrons. The average Bonchev–Trinajstić information content (AvgIpc) is 2.13. The van der Waals surface area contributed by atoms with Crippen LogP contribution in [0, 0.1) is 12.8 Å². The number of Topliss-reactive ketones (excluding diaryl/α,β-unsaturated/α-hetero) is 1. The summed E-state index contributed by atoms with van der Waals surface area (Å²) in [6.45, 7) is 1.76. The molecule has 0 heterocycles. The van der Waals surface area contributed by atoms with Crippen LogP contribution in [0.25, 0.3) is 0 Å². The van der Waals surface area contributed by atoms with Gasteiger partial charge in [0.05, 0.1) is 5.02 Å². The number of hydrogen-bond donors (Lipinski definition) is 0. The summed E-state index contributed by atoms with van der Waals surface area (Å²) in [5.41, 5.74) is 1.14. The van der Waals surface area contributed by atoms with Gasteiger partial charge in [0.2, 0.25) is 5.92 Å². The highest BCUT2D eigenvalue weighted by molar-refractivity contribution is 6.34. The molecule has 0 amide bonds. The van der Waals surface area contributed by atoms with E-state index in [1.165, 1.54) is 0 Å². The molecule has 1 fully saturated rings. The molecular formula is C12H11ClF2O. The Hall–Kier alpha value is -0.960. The van der Waals surface area contributed by atoms with Gasteiger partial charge < -0.3 is 0 Å². The molecule has 0 aliphatic heterocycles. The van der Waals surface area contributed by atoms with E-state index in [4.69, 9.17) is 11.6 Å². The Labute approximate surface area is 97.4 Å². The van der Waals surface area contributed by atoms with Gasteiger partial charge in [0.25, 0.3) is 0 Å². The zero-order valence-corrected chi connectivity index (χ0v) is 9.52. The van der Waals surface area contributed by atoms with Crippen molar-refractivity contribution < 1.29 is 13.6 Å². The van der Waals surface area contributed by atoms with Crippen molar-refractivity contribution in [2.45, 2.75) is 25.7 Å². The molecule has 0 saturated heterocycles. The quantitative estimate of drug-likeness (QED) is 0.722. The van der Waals surface area contributed by atoms with E-state index in [0.717, 1.165) is 5.56 Å². The van der Waals surface area contributed by atoms with Gasteiger partial charge in [0.1, 0.15) is 0 Å². The van der Waals surface area contributed by atoms with Gasteiger partial charge in [-0.1, -0.05) is 23.7 Å². The Morgan fingerprint density at radius 2 is 2.06 bits per heavy atom. The van der Waals surface area contributed by atoms with Crippen LogP contribution in [0.2, 0.25) is 5.02 Å². The fourth-order valence-corrected chi connectivity index (χ4v) is 2.31. The summed E-state index contributed by atoms with van der Waals surface area (Å²) in [6, 6.07) is 5.11. The third-order valence-corrected chi connectivity index (χ3v) is 3.24. The second-order valence-corrected chi connectivity index (χ2v) is 4.66. The molecule has 0 radical (unpaired) electrons. The molecule has 0 spiro atoms. The maximum Gasteiger partial charge on any atom is 0.249 e. The largest absolute Gasteiger partial charge is 0.294 e. The van der Waals surface area contributed by atoms with Crippen LogP contribution < -0.4 is 0 Å². The molecule has 0 unspecified atom stereocenters. The van der Waals surface area contributed by atoms with Gasteiger partial charge in [-0.2, -0.15) is 0 Å². The monoisotopic (exact) mass is 244 g/mol. The molecule has 1 aromatic carbocycles. The van der Waals surface area contributed by atoms with Crippen LogP contribution in [-0.4, -0.2) is 11.7 Å². The van der Waals surface area contributed by atoms with Crippen molar-refractivity contribution in [3.63, 3.8) is 0 Å². The second kappa shape index (κ2) is 3.81. The maximum atomic E-state index is 12.7. The van der Waals surface area contributed by atoms with Crippen molar-refractivity contribution in [2.24, 2.45) is 5.92 Å². The standard InChI is InChI=1S/C12H11ClF2O/c1-7-3-2-4-9(13)10(7)11(16)8-5-12(14,15)6-8/h2-4,8H,5-6H2,1H3. The summed E-state index contributed by atoms with van der Waals surface area (Å²) in [4.78, 5) is 11.9. The number of hydrogen-bond acceptors (Lipinski definition) is 1. The molecule has 0 aromatic heterocycles. The number of alkyl halides is 2. The Kier molecular flexibility index (Phi) is 2.74. The van der Waals surface area contributed by atoms with Crippen LogP contribution in [0.1, 0.15) is 28.8 Å². The Bertz CT molecular complexity index is 414. The van der Waals surface area contributed by atoms with Crippen LogP contribution in [0.3, 0.4) is 0 Å². The first-order chi connectivity index (χ1) is 7.41. The Morgan fingerprint density at radius 1 is 1.44 bits per heavy atom. The van der Waals surface area contributed by atoms with Gasteiger partial charge in [-0.15, -0.1) is 0 Å². The lowest BCUT2D eigenvalue weighted by Gasteiger charge is -2.34. The first kappa shape index (κ1) is 11.5. The minimum Gasteiger partial charge on any atom is -0.294 e. The van der Waals surface area contributed by atoms with E-state index in [9.17, 15) is 13.6 Å². The Morgan fingerprint density at radius 3 is 2.56 bits per heavy atom.